The average molecular weight is 260 g/mol. The first kappa shape index (κ1) is 13.1. The molecule has 0 atom stereocenters. The minimum absolute atomic E-state index is 0.263. The van der Waals surface area contributed by atoms with E-state index in [1.54, 1.807) is 32.1 Å². The monoisotopic (exact) mass is 260 g/mol. The van der Waals surface area contributed by atoms with Gasteiger partial charge in [-0.2, -0.15) is 0 Å². The Morgan fingerprint density at radius 2 is 1.95 bits per heavy atom. The fourth-order valence-corrected chi connectivity index (χ4v) is 2.23. The van der Waals surface area contributed by atoms with Gasteiger partial charge in [-0.25, -0.2) is 4.79 Å². The highest BCUT2D eigenvalue weighted by Gasteiger charge is 2.29. The van der Waals surface area contributed by atoms with Crippen LogP contribution in [0.15, 0.2) is 17.7 Å². The summed E-state index contributed by atoms with van der Waals surface area (Å²) in [5.74, 6) is -0.0745. The fourth-order valence-electron chi connectivity index (χ4n) is 2.23. The Kier molecular flexibility index (Phi) is 3.29. The van der Waals surface area contributed by atoms with Gasteiger partial charge in [-0.05, 0) is 55.2 Å². The molecule has 1 aromatic rings. The molecule has 2 rings (SSSR count). The van der Waals surface area contributed by atoms with Gasteiger partial charge < -0.3 is 10.8 Å². The number of rotatable bonds is 1. The number of phenols is 1. The number of carbonyl (C=O) groups excluding carboxylic acids is 2. The average Bonchev–Trinajstić information content (AvgIpc) is 2.68. The van der Waals surface area contributed by atoms with Crippen molar-refractivity contribution in [2.75, 3.05) is 6.54 Å². The second-order valence-corrected chi connectivity index (χ2v) is 4.72. The maximum Gasteiger partial charge on any atom is 0.321 e. The molecule has 0 saturated carbocycles. The molecule has 1 aromatic carbocycles. The molecule has 100 valence electrons. The Bertz CT molecular complexity index is 567. The number of phenolic OH excluding ortho intramolecular Hbond substituents is 1. The van der Waals surface area contributed by atoms with E-state index in [9.17, 15) is 14.7 Å². The maximum absolute atomic E-state index is 11.9. The van der Waals surface area contributed by atoms with Crippen LogP contribution < -0.4 is 5.73 Å². The molecule has 1 saturated heterocycles. The number of likely N-dealkylation sites (tertiary alicyclic amines) is 1. The topological polar surface area (TPSA) is 83.6 Å². The predicted molar refractivity (Wildman–Crippen MR) is 71.5 cm³/mol. The minimum atomic E-state index is -0.716. The quantitative estimate of drug-likeness (QED) is 0.754. The summed E-state index contributed by atoms with van der Waals surface area (Å²) in [4.78, 5) is 24.0. The molecule has 0 unspecified atom stereocenters. The van der Waals surface area contributed by atoms with Crippen LogP contribution >= 0.6 is 0 Å². The first-order valence-corrected chi connectivity index (χ1v) is 6.02. The largest absolute Gasteiger partial charge is 0.507 e. The summed E-state index contributed by atoms with van der Waals surface area (Å²) in [5.41, 5.74) is 8.02. The number of amides is 3. The van der Waals surface area contributed by atoms with E-state index in [2.05, 4.69) is 0 Å². The van der Waals surface area contributed by atoms with Gasteiger partial charge in [0.05, 0.1) is 0 Å². The van der Waals surface area contributed by atoms with E-state index >= 15 is 0 Å². The number of imide groups is 1. The van der Waals surface area contributed by atoms with Gasteiger partial charge in [-0.1, -0.05) is 0 Å². The zero-order valence-electron chi connectivity index (χ0n) is 10.9. The molecule has 0 aliphatic carbocycles. The minimum Gasteiger partial charge on any atom is -0.507 e. The van der Waals surface area contributed by atoms with Crippen LogP contribution in [-0.2, 0) is 4.79 Å². The Morgan fingerprint density at radius 3 is 2.42 bits per heavy atom. The summed E-state index contributed by atoms with van der Waals surface area (Å²) in [5, 5.41) is 9.70. The highest BCUT2D eigenvalue weighted by atomic mass is 16.3. The van der Waals surface area contributed by atoms with E-state index in [0.717, 1.165) is 21.6 Å². The molecule has 19 heavy (non-hydrogen) atoms. The van der Waals surface area contributed by atoms with E-state index in [1.807, 2.05) is 0 Å². The Labute approximate surface area is 111 Å². The molecule has 0 radical (unpaired) electrons. The van der Waals surface area contributed by atoms with Crippen LogP contribution in [0.2, 0.25) is 0 Å². The maximum atomic E-state index is 11.9. The molecular formula is C14H16N2O3. The highest BCUT2D eigenvalue weighted by Crippen LogP contribution is 2.26. The van der Waals surface area contributed by atoms with Gasteiger partial charge in [-0.15, -0.1) is 0 Å². The number of hydrogen-bond donors (Lipinski definition) is 2. The number of aromatic hydroxyl groups is 1. The first-order chi connectivity index (χ1) is 8.90. The number of nitrogens with zero attached hydrogens (tertiary/aromatic N) is 1. The van der Waals surface area contributed by atoms with Crippen LogP contribution in [0.4, 0.5) is 4.79 Å². The number of hydrogen-bond acceptors (Lipinski definition) is 3. The van der Waals surface area contributed by atoms with Crippen LogP contribution in [0.3, 0.4) is 0 Å². The molecule has 5 heteroatoms. The normalized spacial score (nSPS) is 17.3. The van der Waals surface area contributed by atoms with Crippen LogP contribution in [0.1, 0.15) is 23.1 Å². The first-order valence-electron chi connectivity index (χ1n) is 6.02. The van der Waals surface area contributed by atoms with E-state index in [-0.39, 0.29) is 11.7 Å². The molecule has 3 amide bonds. The Balaban J connectivity index is 2.33. The van der Waals surface area contributed by atoms with Crippen molar-refractivity contribution in [2.24, 2.45) is 5.73 Å². The van der Waals surface area contributed by atoms with Gasteiger partial charge in [0, 0.05) is 12.1 Å². The zero-order chi connectivity index (χ0) is 14.2. The standard InChI is InChI=1S/C14H16N2O3/c1-8-5-10(6-9(2)12(8)17)7-11-3-4-16(13(11)18)14(15)19/h5-7,17H,3-4H2,1-2H3,(H2,15,19)/b11-7-. The van der Waals surface area contributed by atoms with Crippen molar-refractivity contribution >= 4 is 18.0 Å². The number of benzene rings is 1. The van der Waals surface area contributed by atoms with E-state index < -0.39 is 6.03 Å². The van der Waals surface area contributed by atoms with Crippen LogP contribution in [0.25, 0.3) is 6.08 Å². The SMILES string of the molecule is Cc1cc(/C=C2/CCN(C(N)=O)C2=O)cc(C)c1O. The van der Waals surface area contributed by atoms with Crippen molar-refractivity contribution in [1.29, 1.82) is 0 Å². The third kappa shape index (κ3) is 2.45. The summed E-state index contributed by atoms with van der Waals surface area (Å²) >= 11 is 0. The lowest BCUT2D eigenvalue weighted by molar-refractivity contribution is -0.122. The Hall–Kier alpha value is -2.30. The van der Waals surface area contributed by atoms with Gasteiger partial charge in [0.2, 0.25) is 0 Å². The summed E-state index contributed by atoms with van der Waals surface area (Å²) in [7, 11) is 0. The summed E-state index contributed by atoms with van der Waals surface area (Å²) < 4.78 is 0. The van der Waals surface area contributed by atoms with E-state index in [0.29, 0.717) is 18.5 Å². The van der Waals surface area contributed by atoms with Crippen molar-refractivity contribution in [2.45, 2.75) is 20.3 Å². The summed E-state index contributed by atoms with van der Waals surface area (Å²) in [6.07, 6.45) is 2.24. The number of carbonyl (C=O) groups is 2. The summed E-state index contributed by atoms with van der Waals surface area (Å²) in [6, 6.07) is 2.89. The van der Waals surface area contributed by atoms with Crippen LogP contribution in [0.5, 0.6) is 5.75 Å². The molecule has 1 aliphatic rings. The van der Waals surface area contributed by atoms with Gasteiger partial charge in [-0.3, -0.25) is 9.69 Å². The third-order valence-electron chi connectivity index (χ3n) is 3.24. The van der Waals surface area contributed by atoms with Gasteiger partial charge >= 0.3 is 6.03 Å². The lowest BCUT2D eigenvalue weighted by Crippen LogP contribution is -2.36. The van der Waals surface area contributed by atoms with Gasteiger partial charge in [0.1, 0.15) is 5.75 Å². The number of nitrogens with two attached hydrogens (primary N) is 1. The lowest BCUT2D eigenvalue weighted by atomic mass is 10.0. The van der Waals surface area contributed by atoms with Crippen molar-refractivity contribution in [3.05, 3.63) is 34.4 Å². The molecule has 1 fully saturated rings. The molecule has 0 aromatic heterocycles. The third-order valence-corrected chi connectivity index (χ3v) is 3.24. The fraction of sp³-hybridized carbons (Fsp3) is 0.286. The van der Waals surface area contributed by atoms with Crippen LogP contribution in [0, 0.1) is 13.8 Å². The van der Waals surface area contributed by atoms with Crippen molar-refractivity contribution < 1.29 is 14.7 Å². The predicted octanol–water partition coefficient (Wildman–Crippen LogP) is 1.70. The molecule has 0 spiro atoms. The molecule has 1 aliphatic heterocycles. The molecule has 5 nitrogen and oxygen atoms in total. The van der Waals surface area contributed by atoms with Crippen LogP contribution in [-0.4, -0.2) is 28.5 Å². The van der Waals surface area contributed by atoms with Gasteiger partial charge in [0.15, 0.2) is 0 Å². The van der Waals surface area contributed by atoms with E-state index in [1.165, 1.54) is 0 Å². The number of aryl methyl sites for hydroxylation is 2. The molecule has 1 heterocycles. The number of urea groups is 1. The summed E-state index contributed by atoms with van der Waals surface area (Å²) in [6.45, 7) is 3.93. The van der Waals surface area contributed by atoms with Crippen molar-refractivity contribution in [1.82, 2.24) is 4.90 Å². The molecule has 3 N–H and O–H groups in total. The lowest BCUT2D eigenvalue weighted by Gasteiger charge is -2.08. The smallest absolute Gasteiger partial charge is 0.321 e. The number of primary amides is 1. The second-order valence-electron chi connectivity index (χ2n) is 4.72. The zero-order valence-corrected chi connectivity index (χ0v) is 10.9. The molecule has 0 bridgehead atoms. The van der Waals surface area contributed by atoms with Crippen molar-refractivity contribution in [3.63, 3.8) is 0 Å². The molecular weight excluding hydrogens is 244 g/mol. The Morgan fingerprint density at radius 1 is 1.37 bits per heavy atom. The van der Waals surface area contributed by atoms with E-state index in [4.69, 9.17) is 5.73 Å². The van der Waals surface area contributed by atoms with Gasteiger partial charge in [0.25, 0.3) is 5.91 Å². The highest BCUT2D eigenvalue weighted by molar-refractivity contribution is 6.08. The van der Waals surface area contributed by atoms with Crippen molar-refractivity contribution in [3.8, 4) is 5.75 Å². The second kappa shape index (κ2) is 4.76.